The van der Waals surface area contributed by atoms with Crippen molar-refractivity contribution in [2.45, 2.75) is 11.0 Å². The van der Waals surface area contributed by atoms with E-state index < -0.39 is 0 Å². The SMILES string of the molecule is c1ccc2nc(C3SCCCS3)cnc2c1. The van der Waals surface area contributed by atoms with Crippen molar-refractivity contribution >= 4 is 34.6 Å². The third-order valence-electron chi connectivity index (χ3n) is 2.54. The average Bonchev–Trinajstić information content (AvgIpc) is 2.39. The summed E-state index contributed by atoms with van der Waals surface area (Å²) < 4.78 is 0.478. The number of aromatic nitrogens is 2. The Morgan fingerprint density at radius 3 is 2.62 bits per heavy atom. The van der Waals surface area contributed by atoms with E-state index in [1.165, 1.54) is 17.9 Å². The van der Waals surface area contributed by atoms with Crippen LogP contribution in [-0.4, -0.2) is 21.5 Å². The lowest BCUT2D eigenvalue weighted by atomic mass is 10.3. The number of para-hydroxylation sites is 2. The molecule has 2 aromatic rings. The molecule has 0 bridgehead atoms. The summed E-state index contributed by atoms with van der Waals surface area (Å²) in [6, 6.07) is 8.06. The number of nitrogens with zero attached hydrogens (tertiary/aromatic N) is 2. The minimum atomic E-state index is 0.478. The molecular weight excluding hydrogens is 236 g/mol. The first kappa shape index (κ1) is 10.4. The third kappa shape index (κ3) is 2.04. The molecule has 1 aromatic heterocycles. The second-order valence-corrected chi connectivity index (χ2v) is 6.44. The highest BCUT2D eigenvalue weighted by atomic mass is 32.2. The van der Waals surface area contributed by atoms with Gasteiger partial charge in [0.2, 0.25) is 0 Å². The summed E-state index contributed by atoms with van der Waals surface area (Å²) in [6.45, 7) is 0. The van der Waals surface area contributed by atoms with Gasteiger partial charge in [-0.1, -0.05) is 12.1 Å². The van der Waals surface area contributed by atoms with Crippen molar-refractivity contribution in [3.63, 3.8) is 0 Å². The molecule has 16 heavy (non-hydrogen) atoms. The van der Waals surface area contributed by atoms with Gasteiger partial charge in [-0.05, 0) is 30.1 Å². The Hall–Kier alpha value is -0.740. The van der Waals surface area contributed by atoms with E-state index in [9.17, 15) is 0 Å². The molecule has 0 amide bonds. The van der Waals surface area contributed by atoms with Crippen LogP contribution in [0.3, 0.4) is 0 Å². The van der Waals surface area contributed by atoms with Crippen LogP contribution < -0.4 is 0 Å². The summed E-state index contributed by atoms with van der Waals surface area (Å²) in [5, 5.41) is 0. The Morgan fingerprint density at radius 2 is 1.81 bits per heavy atom. The van der Waals surface area contributed by atoms with Crippen molar-refractivity contribution in [3.05, 3.63) is 36.2 Å². The van der Waals surface area contributed by atoms with Crippen molar-refractivity contribution < 1.29 is 0 Å². The monoisotopic (exact) mass is 248 g/mol. The molecule has 3 rings (SSSR count). The molecule has 0 radical (unpaired) electrons. The smallest absolute Gasteiger partial charge is 0.0937 e. The second-order valence-electron chi connectivity index (χ2n) is 3.71. The summed E-state index contributed by atoms with van der Waals surface area (Å²) in [5.41, 5.74) is 3.11. The van der Waals surface area contributed by atoms with Crippen molar-refractivity contribution in [1.29, 1.82) is 0 Å². The maximum atomic E-state index is 4.69. The van der Waals surface area contributed by atoms with Gasteiger partial charge < -0.3 is 0 Å². The molecule has 1 saturated heterocycles. The fraction of sp³-hybridized carbons (Fsp3) is 0.333. The van der Waals surface area contributed by atoms with Crippen LogP contribution in [0, 0.1) is 0 Å². The van der Waals surface area contributed by atoms with Crippen LogP contribution in [0.15, 0.2) is 30.5 Å². The van der Waals surface area contributed by atoms with E-state index in [1.54, 1.807) is 0 Å². The van der Waals surface area contributed by atoms with Crippen LogP contribution in [0.1, 0.15) is 16.7 Å². The first-order chi connectivity index (χ1) is 7.93. The number of hydrogen-bond acceptors (Lipinski definition) is 4. The van der Waals surface area contributed by atoms with E-state index in [0.29, 0.717) is 4.58 Å². The summed E-state index contributed by atoms with van der Waals surface area (Å²) in [7, 11) is 0. The van der Waals surface area contributed by atoms with Gasteiger partial charge in [-0.25, -0.2) is 4.98 Å². The van der Waals surface area contributed by atoms with Crippen molar-refractivity contribution in [2.75, 3.05) is 11.5 Å². The Balaban J connectivity index is 1.97. The van der Waals surface area contributed by atoms with Gasteiger partial charge in [-0.3, -0.25) is 4.98 Å². The number of hydrogen-bond donors (Lipinski definition) is 0. The summed E-state index contributed by atoms with van der Waals surface area (Å²) in [5.74, 6) is 2.48. The van der Waals surface area contributed by atoms with E-state index in [0.717, 1.165) is 16.7 Å². The minimum Gasteiger partial charge on any atom is -0.253 e. The highest BCUT2D eigenvalue weighted by molar-refractivity contribution is 8.16. The van der Waals surface area contributed by atoms with Crippen LogP contribution in [0.4, 0.5) is 0 Å². The Labute approximate surface area is 103 Å². The highest BCUT2D eigenvalue weighted by Gasteiger charge is 2.18. The van der Waals surface area contributed by atoms with Crippen molar-refractivity contribution in [2.24, 2.45) is 0 Å². The van der Waals surface area contributed by atoms with E-state index in [4.69, 9.17) is 4.98 Å². The third-order valence-corrected chi connectivity index (χ3v) is 5.49. The fourth-order valence-corrected chi connectivity index (χ4v) is 4.51. The summed E-state index contributed by atoms with van der Waals surface area (Å²) >= 11 is 3.97. The molecular formula is C12H12N2S2. The molecule has 0 spiro atoms. The number of fused-ring (bicyclic) bond motifs is 1. The molecule has 1 aromatic carbocycles. The molecule has 0 N–H and O–H groups in total. The Bertz CT molecular complexity index is 495. The quantitative estimate of drug-likeness (QED) is 0.771. The molecule has 1 aliphatic heterocycles. The topological polar surface area (TPSA) is 25.8 Å². The highest BCUT2D eigenvalue weighted by Crippen LogP contribution is 2.42. The Kier molecular flexibility index (Phi) is 3.02. The van der Waals surface area contributed by atoms with E-state index in [1.807, 2.05) is 54.0 Å². The Morgan fingerprint density at radius 1 is 1.06 bits per heavy atom. The van der Waals surface area contributed by atoms with Gasteiger partial charge >= 0.3 is 0 Å². The van der Waals surface area contributed by atoms with Crippen LogP contribution >= 0.6 is 23.5 Å². The van der Waals surface area contributed by atoms with Gasteiger partial charge in [0.05, 0.1) is 27.5 Å². The average molecular weight is 248 g/mol. The van der Waals surface area contributed by atoms with E-state index >= 15 is 0 Å². The molecule has 2 nitrogen and oxygen atoms in total. The van der Waals surface area contributed by atoms with Crippen molar-refractivity contribution in [1.82, 2.24) is 9.97 Å². The molecule has 1 fully saturated rings. The first-order valence-electron chi connectivity index (χ1n) is 5.38. The molecule has 0 aliphatic carbocycles. The predicted octanol–water partition coefficient (Wildman–Crippen LogP) is 3.50. The zero-order valence-electron chi connectivity index (χ0n) is 8.80. The van der Waals surface area contributed by atoms with Gasteiger partial charge in [0, 0.05) is 0 Å². The molecule has 0 unspecified atom stereocenters. The standard InChI is InChI=1S/C12H12N2S2/c1-2-5-10-9(4-1)13-8-11(14-10)12-15-6-3-7-16-12/h1-2,4-5,8,12H,3,6-7H2. The van der Waals surface area contributed by atoms with E-state index in [-0.39, 0.29) is 0 Å². The minimum absolute atomic E-state index is 0.478. The zero-order chi connectivity index (χ0) is 10.8. The van der Waals surface area contributed by atoms with Gasteiger partial charge in [0.1, 0.15) is 0 Å². The molecule has 2 heterocycles. The normalized spacial score (nSPS) is 17.8. The maximum absolute atomic E-state index is 4.69. The van der Waals surface area contributed by atoms with Gasteiger partial charge in [0.25, 0.3) is 0 Å². The van der Waals surface area contributed by atoms with Crippen LogP contribution in [0.25, 0.3) is 11.0 Å². The predicted molar refractivity (Wildman–Crippen MR) is 71.8 cm³/mol. The van der Waals surface area contributed by atoms with Crippen LogP contribution in [-0.2, 0) is 0 Å². The first-order valence-corrected chi connectivity index (χ1v) is 7.48. The largest absolute Gasteiger partial charge is 0.253 e. The van der Waals surface area contributed by atoms with Gasteiger partial charge in [-0.15, -0.1) is 23.5 Å². The lowest BCUT2D eigenvalue weighted by molar-refractivity contribution is 1.07. The van der Waals surface area contributed by atoms with Gasteiger partial charge in [0.15, 0.2) is 0 Å². The maximum Gasteiger partial charge on any atom is 0.0937 e. The number of benzene rings is 1. The number of thioether (sulfide) groups is 2. The molecule has 4 heteroatoms. The fourth-order valence-electron chi connectivity index (χ4n) is 1.74. The lowest BCUT2D eigenvalue weighted by Gasteiger charge is -2.20. The second kappa shape index (κ2) is 4.63. The van der Waals surface area contributed by atoms with Crippen molar-refractivity contribution in [3.8, 4) is 0 Å². The van der Waals surface area contributed by atoms with Gasteiger partial charge in [-0.2, -0.15) is 0 Å². The molecule has 0 saturated carbocycles. The lowest BCUT2D eigenvalue weighted by Crippen LogP contribution is -2.03. The number of rotatable bonds is 1. The van der Waals surface area contributed by atoms with Crippen LogP contribution in [0.5, 0.6) is 0 Å². The molecule has 1 aliphatic rings. The summed E-state index contributed by atoms with van der Waals surface area (Å²) in [4.78, 5) is 9.16. The zero-order valence-corrected chi connectivity index (χ0v) is 10.4. The summed E-state index contributed by atoms with van der Waals surface area (Å²) in [6.07, 6.45) is 3.24. The van der Waals surface area contributed by atoms with Crippen LogP contribution in [0.2, 0.25) is 0 Å². The molecule has 0 atom stereocenters. The molecule has 82 valence electrons. The van der Waals surface area contributed by atoms with E-state index in [2.05, 4.69) is 4.98 Å².